The highest BCUT2D eigenvalue weighted by Crippen LogP contribution is 2.35. The average molecular weight is 500 g/mol. The number of rotatable bonds is 7. The molecule has 0 aliphatic carbocycles. The molecule has 1 aromatic heterocycles. The number of nitrogens with one attached hydrogen (secondary N) is 2. The van der Waals surface area contributed by atoms with E-state index in [0.29, 0.717) is 20.9 Å². The maximum atomic E-state index is 12.9. The van der Waals surface area contributed by atoms with Crippen molar-refractivity contribution in [1.29, 1.82) is 0 Å². The molecule has 0 bridgehead atoms. The molecule has 0 aliphatic rings. The Kier molecular flexibility index (Phi) is 6.74. The lowest BCUT2D eigenvalue weighted by Crippen LogP contribution is -2.40. The monoisotopic (exact) mass is 499 g/mol. The standard InChI is InChI=1S/C25H20F3N3O3S/c1-2-19(23(33)34)30-22(32)16-5-3-14(4-6-16)15-7-10-18(11-8-15)29-24-31-20-12-9-17(25(26,27)28)13-21(20)35-24/h3-13,19H,2H2,1H3,(H,29,31)(H,30,32)(H,33,34). The Labute approximate surface area is 202 Å². The number of nitrogens with zero attached hydrogens (tertiary/aromatic N) is 1. The zero-order valence-corrected chi connectivity index (χ0v) is 19.2. The molecule has 3 aromatic carbocycles. The van der Waals surface area contributed by atoms with Crippen molar-refractivity contribution >= 4 is 44.2 Å². The van der Waals surface area contributed by atoms with Crippen molar-refractivity contribution in [3.05, 3.63) is 77.9 Å². The normalized spacial score (nSPS) is 12.3. The van der Waals surface area contributed by atoms with E-state index in [2.05, 4.69) is 15.6 Å². The third-order valence-electron chi connectivity index (χ3n) is 5.34. The summed E-state index contributed by atoms with van der Waals surface area (Å²) in [6, 6.07) is 16.7. The van der Waals surface area contributed by atoms with E-state index in [4.69, 9.17) is 5.11 Å². The van der Waals surface area contributed by atoms with Gasteiger partial charge in [0.2, 0.25) is 0 Å². The number of hydrogen-bond donors (Lipinski definition) is 3. The van der Waals surface area contributed by atoms with Crippen LogP contribution in [0.3, 0.4) is 0 Å². The lowest BCUT2D eigenvalue weighted by molar-refractivity contribution is -0.139. The SMILES string of the molecule is CCC(NC(=O)c1ccc(-c2ccc(Nc3nc4ccc(C(F)(F)F)cc4s3)cc2)cc1)C(=O)O. The third-order valence-corrected chi connectivity index (χ3v) is 6.28. The number of anilines is 2. The number of halogens is 3. The van der Waals surface area contributed by atoms with Gasteiger partial charge in [-0.15, -0.1) is 0 Å². The molecule has 1 unspecified atom stereocenters. The number of hydrogen-bond acceptors (Lipinski definition) is 5. The second kappa shape index (κ2) is 9.75. The summed E-state index contributed by atoms with van der Waals surface area (Å²) in [5, 5.41) is 15.2. The van der Waals surface area contributed by atoms with Crippen molar-refractivity contribution in [2.45, 2.75) is 25.6 Å². The van der Waals surface area contributed by atoms with E-state index in [1.807, 2.05) is 24.3 Å². The molecule has 0 spiro atoms. The van der Waals surface area contributed by atoms with E-state index in [9.17, 15) is 22.8 Å². The average Bonchev–Trinajstić information content (AvgIpc) is 3.23. The number of aliphatic carboxylic acids is 1. The predicted molar refractivity (Wildman–Crippen MR) is 129 cm³/mol. The maximum absolute atomic E-state index is 12.9. The predicted octanol–water partition coefficient (Wildman–Crippen LogP) is 6.32. The zero-order valence-electron chi connectivity index (χ0n) is 18.4. The Balaban J connectivity index is 1.44. The van der Waals surface area contributed by atoms with Crippen LogP contribution >= 0.6 is 11.3 Å². The van der Waals surface area contributed by atoms with Gasteiger partial charge in [0.25, 0.3) is 5.91 Å². The molecule has 0 saturated carbocycles. The third kappa shape index (κ3) is 5.60. The number of carboxylic acids is 1. The summed E-state index contributed by atoms with van der Waals surface area (Å²) in [5.74, 6) is -1.54. The molecule has 0 aliphatic heterocycles. The lowest BCUT2D eigenvalue weighted by Gasteiger charge is -2.12. The quantitative estimate of drug-likeness (QED) is 0.277. The van der Waals surface area contributed by atoms with Crippen LogP contribution in [0.15, 0.2) is 66.7 Å². The lowest BCUT2D eigenvalue weighted by atomic mass is 10.0. The van der Waals surface area contributed by atoms with E-state index in [1.165, 1.54) is 6.07 Å². The van der Waals surface area contributed by atoms with Crippen molar-refractivity contribution in [3.63, 3.8) is 0 Å². The summed E-state index contributed by atoms with van der Waals surface area (Å²) in [4.78, 5) is 27.7. The van der Waals surface area contributed by atoms with Crippen LogP contribution in [-0.4, -0.2) is 28.0 Å². The van der Waals surface area contributed by atoms with E-state index in [0.717, 1.165) is 40.3 Å². The van der Waals surface area contributed by atoms with Crippen LogP contribution in [0.4, 0.5) is 24.0 Å². The minimum absolute atomic E-state index is 0.283. The number of amides is 1. The van der Waals surface area contributed by atoms with Crippen LogP contribution in [-0.2, 0) is 11.0 Å². The molecule has 10 heteroatoms. The molecule has 6 nitrogen and oxygen atoms in total. The fourth-order valence-corrected chi connectivity index (χ4v) is 4.34. The highest BCUT2D eigenvalue weighted by Gasteiger charge is 2.30. The molecule has 4 aromatic rings. The van der Waals surface area contributed by atoms with Crippen molar-refractivity contribution in [1.82, 2.24) is 10.3 Å². The van der Waals surface area contributed by atoms with Gasteiger partial charge in [0.15, 0.2) is 5.13 Å². The molecule has 35 heavy (non-hydrogen) atoms. The molecule has 0 radical (unpaired) electrons. The number of carbonyl (C=O) groups is 2. The van der Waals surface area contributed by atoms with Gasteiger partial charge in [0, 0.05) is 11.3 Å². The fourth-order valence-electron chi connectivity index (χ4n) is 3.42. The summed E-state index contributed by atoms with van der Waals surface area (Å²) >= 11 is 1.14. The number of benzene rings is 3. The van der Waals surface area contributed by atoms with Gasteiger partial charge >= 0.3 is 12.1 Å². The number of carbonyl (C=O) groups excluding carboxylic acids is 1. The summed E-state index contributed by atoms with van der Waals surface area (Å²) in [6.45, 7) is 1.68. The summed E-state index contributed by atoms with van der Waals surface area (Å²) < 4.78 is 39.2. The second-order valence-electron chi connectivity index (χ2n) is 7.75. The van der Waals surface area contributed by atoms with E-state index >= 15 is 0 Å². The first-order valence-electron chi connectivity index (χ1n) is 10.6. The second-order valence-corrected chi connectivity index (χ2v) is 8.78. The van der Waals surface area contributed by atoms with Gasteiger partial charge < -0.3 is 15.7 Å². The Morgan fingerprint density at radius 2 is 1.63 bits per heavy atom. The van der Waals surface area contributed by atoms with Gasteiger partial charge in [-0.1, -0.05) is 42.5 Å². The molecule has 180 valence electrons. The van der Waals surface area contributed by atoms with Crippen LogP contribution in [0.5, 0.6) is 0 Å². The number of fused-ring (bicyclic) bond motifs is 1. The van der Waals surface area contributed by atoms with Gasteiger partial charge in [0.05, 0.1) is 15.8 Å². The van der Waals surface area contributed by atoms with E-state index in [-0.39, 0.29) is 6.42 Å². The zero-order chi connectivity index (χ0) is 25.2. The summed E-state index contributed by atoms with van der Waals surface area (Å²) in [5.41, 5.74) is 2.60. The minimum Gasteiger partial charge on any atom is -0.480 e. The van der Waals surface area contributed by atoms with Crippen LogP contribution in [0, 0.1) is 0 Å². The van der Waals surface area contributed by atoms with Crippen molar-refractivity contribution in [2.24, 2.45) is 0 Å². The number of aromatic nitrogens is 1. The Hall–Kier alpha value is -3.92. The largest absolute Gasteiger partial charge is 0.480 e. The summed E-state index contributed by atoms with van der Waals surface area (Å²) in [7, 11) is 0. The van der Waals surface area contributed by atoms with Crippen LogP contribution in [0.2, 0.25) is 0 Å². The van der Waals surface area contributed by atoms with Crippen molar-refractivity contribution in [3.8, 4) is 11.1 Å². The molecule has 4 rings (SSSR count). The first-order valence-corrected chi connectivity index (χ1v) is 11.4. The Bertz CT molecular complexity index is 1370. The highest BCUT2D eigenvalue weighted by molar-refractivity contribution is 7.22. The van der Waals surface area contributed by atoms with Gasteiger partial charge in [-0.2, -0.15) is 13.2 Å². The van der Waals surface area contributed by atoms with E-state index in [1.54, 1.807) is 31.2 Å². The first kappa shape index (κ1) is 24.2. The van der Waals surface area contributed by atoms with Gasteiger partial charge in [0.1, 0.15) is 6.04 Å². The summed E-state index contributed by atoms with van der Waals surface area (Å²) in [6.07, 6.45) is -4.12. The number of carboxylic acid groups (broad SMARTS) is 1. The van der Waals surface area contributed by atoms with Crippen LogP contribution < -0.4 is 10.6 Å². The van der Waals surface area contributed by atoms with Crippen LogP contribution in [0.1, 0.15) is 29.3 Å². The molecule has 1 heterocycles. The molecule has 1 atom stereocenters. The van der Waals surface area contributed by atoms with Crippen molar-refractivity contribution < 1.29 is 27.9 Å². The Morgan fingerprint density at radius 3 is 2.20 bits per heavy atom. The molecule has 0 saturated heterocycles. The van der Waals surface area contributed by atoms with Crippen LogP contribution in [0.25, 0.3) is 21.3 Å². The number of thiazole rings is 1. The first-order chi connectivity index (χ1) is 16.6. The highest BCUT2D eigenvalue weighted by atomic mass is 32.1. The fraction of sp³-hybridized carbons (Fsp3) is 0.160. The van der Waals surface area contributed by atoms with Gasteiger partial charge in [-0.05, 0) is 60.0 Å². The molecular formula is C25H20F3N3O3S. The van der Waals surface area contributed by atoms with Crippen molar-refractivity contribution in [2.75, 3.05) is 5.32 Å². The molecule has 0 fully saturated rings. The Morgan fingerprint density at radius 1 is 1.00 bits per heavy atom. The van der Waals surface area contributed by atoms with E-state index < -0.39 is 29.7 Å². The maximum Gasteiger partial charge on any atom is 0.416 e. The molecule has 3 N–H and O–H groups in total. The molecule has 1 amide bonds. The molecular weight excluding hydrogens is 479 g/mol. The smallest absolute Gasteiger partial charge is 0.416 e. The van der Waals surface area contributed by atoms with Gasteiger partial charge in [-0.3, -0.25) is 4.79 Å². The van der Waals surface area contributed by atoms with Gasteiger partial charge in [-0.25, -0.2) is 9.78 Å². The minimum atomic E-state index is -4.40. The topological polar surface area (TPSA) is 91.3 Å². The number of alkyl halides is 3.